The van der Waals surface area contributed by atoms with Crippen molar-refractivity contribution in [2.24, 2.45) is 5.92 Å². The molecule has 0 amide bonds. The molecule has 0 rings (SSSR count). The van der Waals surface area contributed by atoms with Gasteiger partial charge >= 0.3 is 17.9 Å². The monoisotopic (exact) mass is 919 g/mol. The van der Waals surface area contributed by atoms with E-state index in [1.807, 2.05) is 0 Å². The molecular formula is C59H114O6. The molecule has 0 N–H and O–H groups in total. The molecule has 0 aromatic carbocycles. The zero-order valence-corrected chi connectivity index (χ0v) is 44.5. The minimum atomic E-state index is -0.761. The van der Waals surface area contributed by atoms with Crippen LogP contribution in [0.1, 0.15) is 336 Å². The van der Waals surface area contributed by atoms with Crippen LogP contribution >= 0.6 is 0 Å². The van der Waals surface area contributed by atoms with E-state index in [1.165, 1.54) is 231 Å². The lowest BCUT2D eigenvalue weighted by Gasteiger charge is -2.18. The van der Waals surface area contributed by atoms with Gasteiger partial charge in [-0.3, -0.25) is 14.4 Å². The molecule has 0 saturated carbocycles. The molecule has 0 saturated heterocycles. The minimum Gasteiger partial charge on any atom is -0.462 e. The smallest absolute Gasteiger partial charge is 0.306 e. The summed E-state index contributed by atoms with van der Waals surface area (Å²) in [4.78, 5) is 38.1. The zero-order valence-electron chi connectivity index (χ0n) is 44.5. The van der Waals surface area contributed by atoms with Crippen molar-refractivity contribution < 1.29 is 28.6 Å². The summed E-state index contributed by atoms with van der Waals surface area (Å²) in [6.07, 6.45) is 58.0. The highest BCUT2D eigenvalue weighted by molar-refractivity contribution is 5.71. The lowest BCUT2D eigenvalue weighted by Crippen LogP contribution is -2.30. The van der Waals surface area contributed by atoms with Crippen LogP contribution in [0.15, 0.2) is 0 Å². The van der Waals surface area contributed by atoms with Crippen LogP contribution in [0.25, 0.3) is 0 Å². The first-order valence-corrected chi connectivity index (χ1v) is 29.4. The summed E-state index contributed by atoms with van der Waals surface area (Å²) in [6, 6.07) is 0. The summed E-state index contributed by atoms with van der Waals surface area (Å²) in [7, 11) is 0. The quantitative estimate of drug-likeness (QED) is 0.0344. The van der Waals surface area contributed by atoms with Crippen molar-refractivity contribution in [3.05, 3.63) is 0 Å². The first kappa shape index (κ1) is 63.4. The number of rotatable bonds is 54. The van der Waals surface area contributed by atoms with Gasteiger partial charge in [-0.05, 0) is 25.2 Å². The van der Waals surface area contributed by atoms with Crippen LogP contribution in [0.3, 0.4) is 0 Å². The molecule has 0 aliphatic carbocycles. The minimum absolute atomic E-state index is 0.0617. The Kier molecular flexibility index (Phi) is 52.1. The van der Waals surface area contributed by atoms with E-state index in [4.69, 9.17) is 14.2 Å². The molecule has 0 unspecified atom stereocenters. The maximum absolute atomic E-state index is 12.8. The van der Waals surface area contributed by atoms with Gasteiger partial charge in [-0.1, -0.05) is 297 Å². The first-order chi connectivity index (χ1) is 31.9. The van der Waals surface area contributed by atoms with Crippen LogP contribution in [0.4, 0.5) is 0 Å². The van der Waals surface area contributed by atoms with Gasteiger partial charge in [0, 0.05) is 19.3 Å². The highest BCUT2D eigenvalue weighted by atomic mass is 16.6. The molecule has 1 atom stereocenters. The third-order valence-corrected chi connectivity index (χ3v) is 13.5. The number of hydrogen-bond acceptors (Lipinski definition) is 6. The van der Waals surface area contributed by atoms with Crippen LogP contribution in [-0.4, -0.2) is 37.2 Å². The van der Waals surface area contributed by atoms with Crippen molar-refractivity contribution in [2.75, 3.05) is 13.2 Å². The molecule has 6 heteroatoms. The molecule has 0 radical (unpaired) electrons. The van der Waals surface area contributed by atoms with Gasteiger partial charge in [0.1, 0.15) is 13.2 Å². The van der Waals surface area contributed by atoms with Crippen LogP contribution in [-0.2, 0) is 28.6 Å². The van der Waals surface area contributed by atoms with Crippen LogP contribution in [0.2, 0.25) is 0 Å². The number of esters is 3. The van der Waals surface area contributed by atoms with E-state index >= 15 is 0 Å². The zero-order chi connectivity index (χ0) is 47.4. The van der Waals surface area contributed by atoms with Crippen molar-refractivity contribution in [1.82, 2.24) is 0 Å². The highest BCUT2D eigenvalue weighted by Gasteiger charge is 2.19. The molecule has 6 nitrogen and oxygen atoms in total. The van der Waals surface area contributed by atoms with Gasteiger partial charge in [0.2, 0.25) is 0 Å². The van der Waals surface area contributed by atoms with E-state index in [0.29, 0.717) is 19.3 Å². The SMILES string of the molecule is CCCCCCCCCCCCCCCCCCC(=O)O[C@@H](COC(=O)CCCCCCCCCCCCCCC)COC(=O)CCCCCCCCCCCCCCCCCC(C)C. The largest absolute Gasteiger partial charge is 0.462 e. The molecule has 0 fully saturated rings. The fourth-order valence-corrected chi connectivity index (χ4v) is 9.10. The summed E-state index contributed by atoms with van der Waals surface area (Å²) >= 11 is 0. The fraction of sp³-hybridized carbons (Fsp3) is 0.949. The molecule has 0 aliphatic heterocycles. The number of hydrogen-bond donors (Lipinski definition) is 0. The average Bonchev–Trinajstić information content (AvgIpc) is 3.29. The van der Waals surface area contributed by atoms with Gasteiger partial charge in [-0.15, -0.1) is 0 Å². The molecule has 65 heavy (non-hydrogen) atoms. The van der Waals surface area contributed by atoms with E-state index in [9.17, 15) is 14.4 Å². The normalized spacial score (nSPS) is 12.0. The Morgan fingerprint density at radius 2 is 0.508 bits per heavy atom. The Morgan fingerprint density at radius 1 is 0.292 bits per heavy atom. The first-order valence-electron chi connectivity index (χ1n) is 29.4. The number of unbranched alkanes of at least 4 members (excludes halogenated alkanes) is 41. The maximum Gasteiger partial charge on any atom is 0.306 e. The van der Waals surface area contributed by atoms with Crippen molar-refractivity contribution >= 4 is 17.9 Å². The van der Waals surface area contributed by atoms with Crippen molar-refractivity contribution in [1.29, 1.82) is 0 Å². The van der Waals surface area contributed by atoms with Crippen molar-refractivity contribution in [3.63, 3.8) is 0 Å². The standard InChI is InChI=1S/C59H114O6/c1-5-7-9-11-13-15-17-19-20-23-28-32-36-40-44-48-52-59(62)65-56(53-63-57(60)50-46-42-38-34-30-25-18-16-14-12-10-8-6-2)54-64-58(61)51-47-43-39-35-31-27-24-21-22-26-29-33-37-41-45-49-55(3)4/h55-56H,5-54H2,1-4H3/t56-/m0/s1. The Morgan fingerprint density at radius 3 is 0.754 bits per heavy atom. The maximum atomic E-state index is 12.8. The predicted molar refractivity (Wildman–Crippen MR) is 280 cm³/mol. The Labute approximate surface area is 406 Å². The van der Waals surface area contributed by atoms with Gasteiger partial charge in [-0.2, -0.15) is 0 Å². The van der Waals surface area contributed by atoms with Crippen molar-refractivity contribution in [2.45, 2.75) is 342 Å². The van der Waals surface area contributed by atoms with Gasteiger partial charge in [0.15, 0.2) is 6.10 Å². The average molecular weight is 920 g/mol. The summed E-state index contributed by atoms with van der Waals surface area (Å²) in [5, 5.41) is 0. The summed E-state index contributed by atoms with van der Waals surface area (Å²) in [6.45, 7) is 9.07. The second-order valence-electron chi connectivity index (χ2n) is 20.8. The van der Waals surface area contributed by atoms with E-state index in [2.05, 4.69) is 27.7 Å². The van der Waals surface area contributed by atoms with Gasteiger partial charge in [0.05, 0.1) is 0 Å². The molecule has 0 aromatic heterocycles. The number of carbonyl (C=O) groups excluding carboxylic acids is 3. The van der Waals surface area contributed by atoms with Crippen LogP contribution in [0, 0.1) is 5.92 Å². The fourth-order valence-electron chi connectivity index (χ4n) is 9.10. The Bertz CT molecular complexity index is 980. The van der Waals surface area contributed by atoms with Crippen LogP contribution < -0.4 is 0 Å². The van der Waals surface area contributed by atoms with Gasteiger partial charge in [-0.25, -0.2) is 0 Å². The second-order valence-corrected chi connectivity index (χ2v) is 20.8. The summed E-state index contributed by atoms with van der Waals surface area (Å²) in [5.74, 6) is 0.0157. The molecule has 0 heterocycles. The van der Waals surface area contributed by atoms with Crippen molar-refractivity contribution in [3.8, 4) is 0 Å². The molecule has 0 bridgehead atoms. The summed E-state index contributed by atoms with van der Waals surface area (Å²) < 4.78 is 16.9. The highest BCUT2D eigenvalue weighted by Crippen LogP contribution is 2.18. The third-order valence-electron chi connectivity index (χ3n) is 13.5. The topological polar surface area (TPSA) is 78.9 Å². The second kappa shape index (κ2) is 53.4. The lowest BCUT2D eigenvalue weighted by molar-refractivity contribution is -0.167. The van der Waals surface area contributed by atoms with E-state index in [-0.39, 0.29) is 31.1 Å². The Balaban J connectivity index is 4.28. The van der Waals surface area contributed by atoms with E-state index in [0.717, 1.165) is 63.7 Å². The Hall–Kier alpha value is -1.59. The predicted octanol–water partition coefficient (Wildman–Crippen LogP) is 19.4. The number of carbonyl (C=O) groups is 3. The molecule has 386 valence electrons. The van der Waals surface area contributed by atoms with E-state index in [1.54, 1.807) is 0 Å². The molecular weight excluding hydrogens is 805 g/mol. The number of ether oxygens (including phenoxy) is 3. The lowest BCUT2D eigenvalue weighted by atomic mass is 10.0. The van der Waals surface area contributed by atoms with E-state index < -0.39 is 6.10 Å². The molecule has 0 aromatic rings. The third kappa shape index (κ3) is 53.2. The van der Waals surface area contributed by atoms with Gasteiger partial charge in [0.25, 0.3) is 0 Å². The summed E-state index contributed by atoms with van der Waals surface area (Å²) in [5.41, 5.74) is 0. The van der Waals surface area contributed by atoms with Gasteiger partial charge < -0.3 is 14.2 Å². The van der Waals surface area contributed by atoms with Crippen LogP contribution in [0.5, 0.6) is 0 Å². The molecule has 0 aliphatic rings. The molecule has 0 spiro atoms.